The number of sulfonamides is 1. The number of benzene rings is 2. The third-order valence-corrected chi connectivity index (χ3v) is 9.95. The van der Waals surface area contributed by atoms with Gasteiger partial charge in [-0.15, -0.1) is 0 Å². The Kier molecular flexibility index (Phi) is 10.8. The highest BCUT2D eigenvalue weighted by Gasteiger charge is 2.31. The Morgan fingerprint density at radius 3 is 2.50 bits per heavy atom. The van der Waals surface area contributed by atoms with E-state index in [9.17, 15) is 21.6 Å². The molecule has 0 radical (unpaired) electrons. The summed E-state index contributed by atoms with van der Waals surface area (Å²) in [6.45, 7) is 5.58. The second-order valence-electron chi connectivity index (χ2n) is 9.56. The maximum Gasteiger partial charge on any atom is 0.264 e. The van der Waals surface area contributed by atoms with Gasteiger partial charge in [0.15, 0.2) is 0 Å². The highest BCUT2D eigenvalue weighted by molar-refractivity contribution is 7.89. The molecule has 1 atom stereocenters. The molecule has 1 heterocycles. The van der Waals surface area contributed by atoms with Crippen molar-refractivity contribution in [1.82, 2.24) is 14.6 Å². The van der Waals surface area contributed by atoms with Crippen LogP contribution in [-0.4, -0.2) is 55.4 Å². The quantitative estimate of drug-likeness (QED) is 0.207. The molecular formula is C28H34ClN3O6S2. The summed E-state index contributed by atoms with van der Waals surface area (Å²) in [6, 6.07) is 13.8. The third kappa shape index (κ3) is 8.34. The molecule has 0 saturated heterocycles. The van der Waals surface area contributed by atoms with Gasteiger partial charge in [0, 0.05) is 43.0 Å². The van der Waals surface area contributed by atoms with E-state index in [1.54, 1.807) is 31.5 Å². The number of hydrogen-bond acceptors (Lipinski definition) is 6. The van der Waals surface area contributed by atoms with Gasteiger partial charge in [-0.05, 0) is 85.7 Å². The van der Waals surface area contributed by atoms with Gasteiger partial charge in [0.25, 0.3) is 10.1 Å². The summed E-state index contributed by atoms with van der Waals surface area (Å²) in [7, 11) is -8.11. The van der Waals surface area contributed by atoms with Crippen molar-refractivity contribution < 1.29 is 26.2 Å². The zero-order valence-electron chi connectivity index (χ0n) is 22.7. The van der Waals surface area contributed by atoms with E-state index in [2.05, 4.69) is 10.3 Å². The number of rotatable bonds is 13. The van der Waals surface area contributed by atoms with Crippen LogP contribution >= 0.6 is 11.6 Å². The minimum Gasteiger partial charge on any atom is -0.356 e. The molecule has 9 nitrogen and oxygen atoms in total. The summed E-state index contributed by atoms with van der Waals surface area (Å²) in [5.41, 5.74) is 4.15. The van der Waals surface area contributed by atoms with Crippen LogP contribution < -0.4 is 5.32 Å². The fourth-order valence-corrected chi connectivity index (χ4v) is 7.06. The minimum atomic E-state index is -4.10. The molecule has 0 aliphatic heterocycles. The van der Waals surface area contributed by atoms with Gasteiger partial charge in [-0.25, -0.2) is 8.42 Å². The van der Waals surface area contributed by atoms with Crippen LogP contribution in [0.4, 0.5) is 0 Å². The number of aromatic nitrogens is 1. The Labute approximate surface area is 241 Å². The minimum absolute atomic E-state index is 0.0371. The summed E-state index contributed by atoms with van der Waals surface area (Å²) in [6.07, 6.45) is 3.83. The zero-order chi connectivity index (χ0) is 29.5. The molecule has 1 amide bonds. The Balaban J connectivity index is 1.85. The molecule has 3 rings (SSSR count). The topological polar surface area (TPSA) is 134 Å². The maximum absolute atomic E-state index is 14.0. The lowest BCUT2D eigenvalue weighted by molar-refractivity contribution is -0.121. The van der Waals surface area contributed by atoms with Gasteiger partial charge >= 0.3 is 0 Å². The van der Waals surface area contributed by atoms with Crippen molar-refractivity contribution in [2.24, 2.45) is 0 Å². The van der Waals surface area contributed by atoms with E-state index in [-0.39, 0.29) is 43.2 Å². The lowest BCUT2D eigenvalue weighted by atomic mass is 9.98. The van der Waals surface area contributed by atoms with Crippen molar-refractivity contribution in [3.63, 3.8) is 0 Å². The lowest BCUT2D eigenvalue weighted by Gasteiger charge is -2.30. The van der Waals surface area contributed by atoms with Crippen molar-refractivity contribution in [2.75, 3.05) is 18.8 Å². The van der Waals surface area contributed by atoms with Crippen LogP contribution in [0.5, 0.6) is 0 Å². The molecule has 12 heteroatoms. The highest BCUT2D eigenvalue weighted by Crippen LogP contribution is 2.33. The average Bonchev–Trinajstić information content (AvgIpc) is 2.90. The monoisotopic (exact) mass is 607 g/mol. The van der Waals surface area contributed by atoms with Gasteiger partial charge in [-0.1, -0.05) is 35.9 Å². The number of hydrogen-bond donors (Lipinski definition) is 2. The number of aryl methyl sites for hydroxylation is 1. The summed E-state index contributed by atoms with van der Waals surface area (Å²) in [5, 5.41) is 2.94. The predicted octanol–water partition coefficient (Wildman–Crippen LogP) is 4.95. The summed E-state index contributed by atoms with van der Waals surface area (Å²) < 4.78 is 59.9. The van der Waals surface area contributed by atoms with Crippen molar-refractivity contribution in [2.45, 2.75) is 51.0 Å². The molecule has 1 aromatic heterocycles. The number of amides is 1. The molecule has 0 bridgehead atoms. The first-order valence-corrected chi connectivity index (χ1v) is 16.2. The molecule has 0 saturated carbocycles. The molecule has 0 aliphatic carbocycles. The fourth-order valence-electron chi connectivity index (χ4n) is 4.41. The predicted molar refractivity (Wildman–Crippen MR) is 156 cm³/mol. The molecule has 40 heavy (non-hydrogen) atoms. The molecule has 216 valence electrons. The van der Waals surface area contributed by atoms with Crippen molar-refractivity contribution in [3.05, 3.63) is 82.6 Å². The van der Waals surface area contributed by atoms with E-state index >= 15 is 0 Å². The Hall–Kier alpha value is -2.83. The van der Waals surface area contributed by atoms with Crippen LogP contribution in [0.15, 0.2) is 65.8 Å². The second-order valence-corrected chi connectivity index (χ2v) is 13.4. The van der Waals surface area contributed by atoms with Gasteiger partial charge in [0.1, 0.15) is 0 Å². The number of nitrogens with zero attached hydrogens (tertiary/aromatic N) is 2. The molecular weight excluding hydrogens is 574 g/mol. The van der Waals surface area contributed by atoms with Crippen molar-refractivity contribution in [3.8, 4) is 11.1 Å². The van der Waals surface area contributed by atoms with E-state index in [1.165, 1.54) is 10.4 Å². The van der Waals surface area contributed by atoms with E-state index in [0.29, 0.717) is 10.6 Å². The molecule has 0 unspecified atom stereocenters. The smallest absolute Gasteiger partial charge is 0.264 e. The Morgan fingerprint density at radius 1 is 1.07 bits per heavy atom. The van der Waals surface area contributed by atoms with E-state index in [0.717, 1.165) is 22.3 Å². The summed E-state index contributed by atoms with van der Waals surface area (Å²) >= 11 is 6.26. The van der Waals surface area contributed by atoms with Gasteiger partial charge in [0.05, 0.1) is 10.6 Å². The SMILES string of the molecule is Cc1cnccc1-c1cccc([C@H](C)N(CCCC(=O)NCCCS(=O)(=O)O)S(=O)(=O)c2cccc(Cl)c2C)c1. The largest absolute Gasteiger partial charge is 0.356 e. The van der Waals surface area contributed by atoms with Gasteiger partial charge in [-0.3, -0.25) is 14.3 Å². The maximum atomic E-state index is 14.0. The van der Waals surface area contributed by atoms with Crippen LogP contribution in [0.1, 0.15) is 48.9 Å². The molecule has 0 aliphatic rings. The van der Waals surface area contributed by atoms with Crippen LogP contribution in [0.2, 0.25) is 5.02 Å². The molecule has 3 aromatic rings. The van der Waals surface area contributed by atoms with Crippen LogP contribution in [0.3, 0.4) is 0 Å². The molecule has 0 fully saturated rings. The first-order chi connectivity index (χ1) is 18.8. The molecule has 2 aromatic carbocycles. The van der Waals surface area contributed by atoms with E-state index in [1.807, 2.05) is 44.2 Å². The first-order valence-electron chi connectivity index (χ1n) is 12.8. The standard InChI is InChI=1S/C28H34ClN3O6S2/c1-20-19-30-15-13-25(20)24-9-4-8-23(18-24)22(3)32(40(37,38)27-11-5-10-26(29)21(27)2)16-6-12-28(33)31-14-7-17-39(34,35)36/h4-5,8-11,13,15,18-19,22H,6-7,12,14,16-17H2,1-3H3,(H,31,33)(H,34,35,36)/t22-/m0/s1. The van der Waals surface area contributed by atoms with Crippen LogP contribution in [0, 0.1) is 13.8 Å². The Bertz CT molecular complexity index is 1560. The Morgan fingerprint density at radius 2 is 1.80 bits per heavy atom. The van der Waals surface area contributed by atoms with Gasteiger partial charge in [-0.2, -0.15) is 12.7 Å². The number of pyridine rings is 1. The fraction of sp³-hybridized carbons (Fsp3) is 0.357. The molecule has 0 spiro atoms. The average molecular weight is 608 g/mol. The van der Waals surface area contributed by atoms with Crippen molar-refractivity contribution in [1.29, 1.82) is 0 Å². The zero-order valence-corrected chi connectivity index (χ0v) is 25.1. The second kappa shape index (κ2) is 13.7. The van der Waals surface area contributed by atoms with Gasteiger partial charge in [0.2, 0.25) is 15.9 Å². The normalized spacial score (nSPS) is 12.8. The van der Waals surface area contributed by atoms with Gasteiger partial charge < -0.3 is 5.32 Å². The number of nitrogens with one attached hydrogen (secondary N) is 1. The number of halogens is 1. The lowest BCUT2D eigenvalue weighted by Crippen LogP contribution is -2.36. The van der Waals surface area contributed by atoms with Crippen molar-refractivity contribution >= 4 is 37.6 Å². The van der Waals surface area contributed by atoms with Crippen LogP contribution in [-0.2, 0) is 24.9 Å². The third-order valence-electron chi connectivity index (χ3n) is 6.62. The van der Waals surface area contributed by atoms with Crippen LogP contribution in [0.25, 0.3) is 11.1 Å². The summed E-state index contributed by atoms with van der Waals surface area (Å²) in [5.74, 6) is -0.789. The molecule has 2 N–H and O–H groups in total. The van der Waals surface area contributed by atoms with E-state index < -0.39 is 31.9 Å². The number of carbonyl (C=O) groups excluding carboxylic acids is 1. The first kappa shape index (κ1) is 31.7. The van der Waals surface area contributed by atoms with E-state index in [4.69, 9.17) is 16.2 Å². The summed E-state index contributed by atoms with van der Waals surface area (Å²) in [4.78, 5) is 16.6. The number of carbonyl (C=O) groups is 1. The highest BCUT2D eigenvalue weighted by atomic mass is 35.5.